The average molecular weight is 216 g/mol. The minimum Gasteiger partial charge on any atom is -0.354 e. The van der Waals surface area contributed by atoms with Crippen molar-refractivity contribution in [2.45, 2.75) is 6.92 Å². The molecule has 0 aliphatic heterocycles. The van der Waals surface area contributed by atoms with Crippen LogP contribution >= 0.6 is 23.8 Å². The van der Waals surface area contributed by atoms with Crippen molar-refractivity contribution < 1.29 is 0 Å². The Bertz CT molecular complexity index is 294. The first-order valence-corrected chi connectivity index (χ1v) is 4.94. The highest BCUT2D eigenvalue weighted by Gasteiger charge is 1.99. The summed E-state index contributed by atoms with van der Waals surface area (Å²) < 4.78 is 4.12. The fraction of sp³-hybridized carbons (Fsp3) is 0.429. The average Bonchev–Trinajstić information content (AvgIpc) is 2.47. The molecule has 1 rings (SSSR count). The van der Waals surface area contributed by atoms with E-state index in [9.17, 15) is 0 Å². The van der Waals surface area contributed by atoms with Gasteiger partial charge in [-0.3, -0.25) is 10.9 Å². The summed E-state index contributed by atoms with van der Waals surface area (Å²) in [6.07, 6.45) is 0. The van der Waals surface area contributed by atoms with Gasteiger partial charge in [0.1, 0.15) is 5.00 Å². The number of nitrogens with zero attached hydrogens (tertiary/aromatic N) is 2. The van der Waals surface area contributed by atoms with Gasteiger partial charge in [0.2, 0.25) is 0 Å². The number of aryl methyl sites for hydroxylation is 1. The van der Waals surface area contributed by atoms with Crippen LogP contribution in [-0.4, -0.2) is 28.5 Å². The lowest BCUT2D eigenvalue weighted by Gasteiger charge is -2.15. The highest BCUT2D eigenvalue weighted by Crippen LogP contribution is 2.13. The molecule has 0 unspecified atom stereocenters. The molecule has 0 aliphatic rings. The number of hydrogen-bond donors (Lipinski definition) is 2. The summed E-state index contributed by atoms with van der Waals surface area (Å²) in [5, 5.41) is 1.60. The van der Waals surface area contributed by atoms with E-state index in [0.29, 0.717) is 5.11 Å². The van der Waals surface area contributed by atoms with Crippen LogP contribution in [0.25, 0.3) is 0 Å². The number of thiocarbonyl (C=S) groups is 1. The molecule has 0 atom stereocenters. The molecule has 0 aromatic carbocycles. The van der Waals surface area contributed by atoms with Gasteiger partial charge in [-0.25, -0.2) is 0 Å². The summed E-state index contributed by atoms with van der Waals surface area (Å²) in [5.41, 5.74) is 6.86. The number of rotatable bonds is 2. The fourth-order valence-corrected chi connectivity index (χ4v) is 1.32. The van der Waals surface area contributed by atoms with E-state index in [4.69, 9.17) is 12.2 Å². The monoisotopic (exact) mass is 216 g/mol. The Balaban J connectivity index is 2.39. The number of anilines is 1. The molecule has 1 heterocycles. The van der Waals surface area contributed by atoms with Crippen molar-refractivity contribution in [3.8, 4) is 0 Å². The van der Waals surface area contributed by atoms with Gasteiger partial charge in [-0.1, -0.05) is 0 Å². The van der Waals surface area contributed by atoms with E-state index in [1.807, 2.05) is 32.0 Å². The maximum Gasteiger partial charge on any atom is 0.187 e. The second-order valence-electron chi connectivity index (χ2n) is 2.78. The first-order valence-electron chi connectivity index (χ1n) is 3.76. The van der Waals surface area contributed by atoms with Crippen molar-refractivity contribution in [1.29, 1.82) is 0 Å². The van der Waals surface area contributed by atoms with E-state index in [2.05, 4.69) is 15.2 Å². The molecule has 13 heavy (non-hydrogen) atoms. The third-order valence-electron chi connectivity index (χ3n) is 1.33. The molecule has 0 spiro atoms. The van der Waals surface area contributed by atoms with Crippen LogP contribution in [0.5, 0.6) is 0 Å². The Labute approximate surface area is 87.1 Å². The standard InChI is InChI=1S/C7H12N4S2/c1-5-4-6(13-10-5)8-9-7(12)11(2)3/h4,8H,1-3H3,(H,9,12). The molecule has 0 saturated carbocycles. The molecule has 6 heteroatoms. The van der Waals surface area contributed by atoms with Crippen LogP contribution in [0, 0.1) is 6.92 Å². The lowest BCUT2D eigenvalue weighted by atomic mass is 10.5. The lowest BCUT2D eigenvalue weighted by molar-refractivity contribution is 0.612. The van der Waals surface area contributed by atoms with Crippen LogP contribution in [0.3, 0.4) is 0 Å². The molecule has 1 aromatic heterocycles. The van der Waals surface area contributed by atoms with Crippen LogP contribution in [0.1, 0.15) is 5.69 Å². The van der Waals surface area contributed by atoms with Gasteiger partial charge in [-0.15, -0.1) is 0 Å². The zero-order chi connectivity index (χ0) is 9.84. The van der Waals surface area contributed by atoms with Crippen molar-refractivity contribution in [2.75, 3.05) is 19.5 Å². The molecular formula is C7H12N4S2. The Morgan fingerprint density at radius 1 is 1.62 bits per heavy atom. The van der Waals surface area contributed by atoms with Gasteiger partial charge in [-0.05, 0) is 36.7 Å². The summed E-state index contributed by atoms with van der Waals surface area (Å²) in [5.74, 6) is 0. The van der Waals surface area contributed by atoms with Gasteiger partial charge in [0, 0.05) is 14.1 Å². The Kier molecular flexibility index (Phi) is 3.44. The van der Waals surface area contributed by atoms with Gasteiger partial charge < -0.3 is 4.90 Å². The van der Waals surface area contributed by atoms with Crippen LogP contribution in [-0.2, 0) is 0 Å². The van der Waals surface area contributed by atoms with E-state index in [-0.39, 0.29) is 0 Å². The molecule has 72 valence electrons. The van der Waals surface area contributed by atoms with Crippen molar-refractivity contribution in [1.82, 2.24) is 14.7 Å². The first-order chi connectivity index (χ1) is 6.09. The van der Waals surface area contributed by atoms with Crippen LogP contribution < -0.4 is 10.9 Å². The van der Waals surface area contributed by atoms with E-state index >= 15 is 0 Å². The molecule has 0 bridgehead atoms. The van der Waals surface area contributed by atoms with Crippen LogP contribution in [0.4, 0.5) is 5.00 Å². The molecule has 0 aliphatic carbocycles. The molecule has 0 saturated heterocycles. The minimum atomic E-state index is 0.644. The van der Waals surface area contributed by atoms with Gasteiger partial charge in [0.15, 0.2) is 5.11 Å². The molecule has 0 fully saturated rings. The van der Waals surface area contributed by atoms with E-state index in [1.165, 1.54) is 11.5 Å². The third-order valence-corrected chi connectivity index (χ3v) is 2.59. The van der Waals surface area contributed by atoms with Gasteiger partial charge >= 0.3 is 0 Å². The minimum absolute atomic E-state index is 0.644. The zero-order valence-electron chi connectivity index (χ0n) is 7.79. The Hall–Kier alpha value is -0.880. The van der Waals surface area contributed by atoms with Crippen LogP contribution in [0.15, 0.2) is 6.07 Å². The first kappa shape index (κ1) is 10.2. The van der Waals surface area contributed by atoms with Gasteiger partial charge in [-0.2, -0.15) is 4.37 Å². The predicted octanol–water partition coefficient (Wildman–Crippen LogP) is 1.21. The second kappa shape index (κ2) is 4.38. The highest BCUT2D eigenvalue weighted by molar-refractivity contribution is 7.80. The topological polar surface area (TPSA) is 40.2 Å². The number of hydrazine groups is 1. The summed E-state index contributed by atoms with van der Waals surface area (Å²) in [6.45, 7) is 1.95. The maximum absolute atomic E-state index is 5.02. The molecule has 2 N–H and O–H groups in total. The van der Waals surface area contributed by atoms with Gasteiger partial charge in [0.25, 0.3) is 0 Å². The molecule has 0 amide bonds. The second-order valence-corrected chi connectivity index (χ2v) is 3.97. The smallest absolute Gasteiger partial charge is 0.187 e. The Morgan fingerprint density at radius 3 is 2.77 bits per heavy atom. The number of aromatic nitrogens is 1. The summed E-state index contributed by atoms with van der Waals surface area (Å²) in [6, 6.07) is 1.95. The lowest BCUT2D eigenvalue weighted by Crippen LogP contribution is -2.37. The SMILES string of the molecule is Cc1cc(NNC(=S)N(C)C)sn1. The summed E-state index contributed by atoms with van der Waals surface area (Å²) >= 11 is 6.42. The quantitative estimate of drug-likeness (QED) is 0.574. The van der Waals surface area contributed by atoms with Crippen molar-refractivity contribution in [3.63, 3.8) is 0 Å². The molecular weight excluding hydrogens is 204 g/mol. The van der Waals surface area contributed by atoms with E-state index in [1.54, 1.807) is 0 Å². The predicted molar refractivity (Wildman–Crippen MR) is 59.9 cm³/mol. The van der Waals surface area contributed by atoms with E-state index < -0.39 is 0 Å². The number of hydrogen-bond acceptors (Lipinski definition) is 4. The largest absolute Gasteiger partial charge is 0.354 e. The van der Waals surface area contributed by atoms with Crippen molar-refractivity contribution in [2.24, 2.45) is 0 Å². The molecule has 1 aromatic rings. The zero-order valence-corrected chi connectivity index (χ0v) is 9.42. The molecule has 4 nitrogen and oxygen atoms in total. The number of nitrogens with one attached hydrogen (secondary N) is 2. The fourth-order valence-electron chi connectivity index (χ4n) is 0.649. The highest BCUT2D eigenvalue weighted by atomic mass is 32.1. The van der Waals surface area contributed by atoms with Crippen molar-refractivity contribution in [3.05, 3.63) is 11.8 Å². The van der Waals surface area contributed by atoms with Crippen LogP contribution in [0.2, 0.25) is 0 Å². The third kappa shape index (κ3) is 3.16. The van der Waals surface area contributed by atoms with Gasteiger partial charge in [0.05, 0.1) is 5.69 Å². The summed E-state index contributed by atoms with van der Waals surface area (Å²) in [7, 11) is 3.77. The Morgan fingerprint density at radius 2 is 2.31 bits per heavy atom. The van der Waals surface area contributed by atoms with Crippen molar-refractivity contribution >= 4 is 33.9 Å². The molecule has 0 radical (unpaired) electrons. The maximum atomic E-state index is 5.02. The van der Waals surface area contributed by atoms with E-state index in [0.717, 1.165) is 10.7 Å². The summed E-state index contributed by atoms with van der Waals surface area (Å²) in [4.78, 5) is 1.82. The normalized spacial score (nSPS) is 9.46.